The van der Waals surface area contributed by atoms with E-state index in [1.54, 1.807) is 0 Å². The molecule has 0 bridgehead atoms. The van der Waals surface area contributed by atoms with Gasteiger partial charge in [-0.25, -0.2) is 4.79 Å². The standard InChI is InChI=1S/C7H8N2O2/c10-7(11)6-4-2-1-3-5(4)8-9-6/h6H,1-3H2,(H,10,11)/t6-/m1/s1. The molecule has 0 fully saturated rings. The average Bonchev–Trinajstić information content (AvgIpc) is 2.41. The van der Waals surface area contributed by atoms with Crippen LogP contribution in [0.5, 0.6) is 0 Å². The highest BCUT2D eigenvalue weighted by molar-refractivity contribution is 5.78. The average molecular weight is 152 g/mol. The van der Waals surface area contributed by atoms with Crippen LogP contribution < -0.4 is 0 Å². The van der Waals surface area contributed by atoms with Crippen LogP contribution in [0, 0.1) is 0 Å². The van der Waals surface area contributed by atoms with Gasteiger partial charge in [-0.15, -0.1) is 0 Å². The maximum absolute atomic E-state index is 10.6. The van der Waals surface area contributed by atoms with Crippen molar-refractivity contribution in [2.75, 3.05) is 0 Å². The van der Waals surface area contributed by atoms with E-state index in [0.29, 0.717) is 0 Å². The Labute approximate surface area is 63.6 Å². The van der Waals surface area contributed by atoms with Crippen LogP contribution in [0.2, 0.25) is 0 Å². The van der Waals surface area contributed by atoms with Crippen molar-refractivity contribution in [3.05, 3.63) is 11.3 Å². The van der Waals surface area contributed by atoms with Gasteiger partial charge in [0.1, 0.15) is 0 Å². The van der Waals surface area contributed by atoms with Crippen molar-refractivity contribution in [3.8, 4) is 0 Å². The fraction of sp³-hybridized carbons (Fsp3) is 0.571. The lowest BCUT2D eigenvalue weighted by molar-refractivity contribution is -0.137. The van der Waals surface area contributed by atoms with Crippen LogP contribution in [0.3, 0.4) is 0 Å². The molecule has 1 heterocycles. The third-order valence-electron chi connectivity index (χ3n) is 2.09. The second kappa shape index (κ2) is 2.15. The fourth-order valence-electron chi connectivity index (χ4n) is 1.56. The lowest BCUT2D eigenvalue weighted by Gasteiger charge is -2.00. The molecule has 0 spiro atoms. The van der Waals surface area contributed by atoms with Crippen LogP contribution in [0.15, 0.2) is 21.5 Å². The van der Waals surface area contributed by atoms with E-state index in [-0.39, 0.29) is 0 Å². The number of nitrogens with zero attached hydrogens (tertiary/aromatic N) is 2. The first-order valence-electron chi connectivity index (χ1n) is 3.64. The number of carboxylic acid groups (broad SMARTS) is 1. The van der Waals surface area contributed by atoms with Gasteiger partial charge in [-0.05, 0) is 24.8 Å². The molecule has 0 unspecified atom stereocenters. The smallest absolute Gasteiger partial charge is 0.334 e. The Morgan fingerprint density at radius 3 is 3.09 bits per heavy atom. The quantitative estimate of drug-likeness (QED) is 0.616. The van der Waals surface area contributed by atoms with Gasteiger partial charge in [0.05, 0.1) is 5.70 Å². The van der Waals surface area contributed by atoms with Crippen molar-refractivity contribution in [2.45, 2.75) is 25.3 Å². The third-order valence-corrected chi connectivity index (χ3v) is 2.09. The van der Waals surface area contributed by atoms with Crippen LogP contribution in [-0.4, -0.2) is 17.1 Å². The Balaban J connectivity index is 2.29. The molecule has 1 aliphatic carbocycles. The van der Waals surface area contributed by atoms with Crippen molar-refractivity contribution in [2.24, 2.45) is 10.2 Å². The molecule has 2 aliphatic rings. The summed E-state index contributed by atoms with van der Waals surface area (Å²) in [6, 6.07) is -0.660. The molecule has 11 heavy (non-hydrogen) atoms. The maximum atomic E-state index is 10.6. The monoisotopic (exact) mass is 152 g/mol. The molecule has 0 aromatic heterocycles. The maximum Gasteiger partial charge on any atom is 0.334 e. The highest BCUT2D eigenvalue weighted by atomic mass is 16.4. The minimum absolute atomic E-state index is 0.660. The van der Waals surface area contributed by atoms with Gasteiger partial charge >= 0.3 is 5.97 Å². The topological polar surface area (TPSA) is 62.0 Å². The summed E-state index contributed by atoms with van der Waals surface area (Å²) in [5, 5.41) is 16.2. The van der Waals surface area contributed by atoms with E-state index in [1.807, 2.05) is 0 Å². The normalized spacial score (nSPS) is 27.8. The van der Waals surface area contributed by atoms with Crippen molar-refractivity contribution >= 4 is 5.97 Å². The molecule has 1 aliphatic heterocycles. The number of carbonyl (C=O) groups is 1. The van der Waals surface area contributed by atoms with E-state index in [9.17, 15) is 4.79 Å². The Bertz CT molecular complexity index is 268. The van der Waals surface area contributed by atoms with Gasteiger partial charge < -0.3 is 5.11 Å². The molecule has 2 rings (SSSR count). The lowest BCUT2D eigenvalue weighted by Crippen LogP contribution is -2.17. The highest BCUT2D eigenvalue weighted by Gasteiger charge is 2.32. The van der Waals surface area contributed by atoms with Crippen LogP contribution in [0.25, 0.3) is 0 Å². The summed E-state index contributed by atoms with van der Waals surface area (Å²) >= 11 is 0. The highest BCUT2D eigenvalue weighted by Crippen LogP contribution is 2.35. The summed E-state index contributed by atoms with van der Waals surface area (Å²) in [5.74, 6) is -0.874. The zero-order valence-corrected chi connectivity index (χ0v) is 5.95. The first-order chi connectivity index (χ1) is 5.29. The predicted octanol–water partition coefficient (Wildman–Crippen LogP) is 1.34. The molecule has 0 aromatic rings. The van der Waals surface area contributed by atoms with E-state index >= 15 is 0 Å². The third kappa shape index (κ3) is 0.859. The Morgan fingerprint density at radius 1 is 1.55 bits per heavy atom. The molecule has 0 amide bonds. The first-order valence-corrected chi connectivity index (χ1v) is 3.64. The number of allylic oxidation sites excluding steroid dienone is 1. The molecule has 0 aromatic carbocycles. The summed E-state index contributed by atoms with van der Waals surface area (Å²) < 4.78 is 0. The van der Waals surface area contributed by atoms with Crippen LogP contribution in [0.4, 0.5) is 0 Å². The van der Waals surface area contributed by atoms with Crippen LogP contribution >= 0.6 is 0 Å². The van der Waals surface area contributed by atoms with Crippen molar-refractivity contribution in [3.63, 3.8) is 0 Å². The van der Waals surface area contributed by atoms with E-state index in [0.717, 1.165) is 30.5 Å². The number of rotatable bonds is 1. The van der Waals surface area contributed by atoms with Gasteiger partial charge in [0.25, 0.3) is 0 Å². The Morgan fingerprint density at radius 2 is 2.36 bits per heavy atom. The van der Waals surface area contributed by atoms with E-state index < -0.39 is 12.0 Å². The second-order valence-electron chi connectivity index (χ2n) is 2.78. The molecule has 0 radical (unpaired) electrons. The number of hydrogen-bond acceptors (Lipinski definition) is 3. The fourth-order valence-corrected chi connectivity index (χ4v) is 1.56. The SMILES string of the molecule is O=C(O)[C@@H]1N=NC2=C1CCC2. The summed E-state index contributed by atoms with van der Waals surface area (Å²) in [6.45, 7) is 0. The summed E-state index contributed by atoms with van der Waals surface area (Å²) in [6.07, 6.45) is 2.80. The molecular weight excluding hydrogens is 144 g/mol. The van der Waals surface area contributed by atoms with Gasteiger partial charge in [-0.1, -0.05) is 0 Å². The summed E-state index contributed by atoms with van der Waals surface area (Å²) in [5.41, 5.74) is 1.84. The molecule has 4 nitrogen and oxygen atoms in total. The van der Waals surface area contributed by atoms with E-state index in [4.69, 9.17) is 5.11 Å². The summed E-state index contributed by atoms with van der Waals surface area (Å²) in [7, 11) is 0. The lowest BCUT2D eigenvalue weighted by atomic mass is 10.1. The largest absolute Gasteiger partial charge is 0.479 e. The number of hydrogen-bond donors (Lipinski definition) is 1. The second-order valence-corrected chi connectivity index (χ2v) is 2.78. The zero-order valence-electron chi connectivity index (χ0n) is 5.95. The summed E-state index contributed by atoms with van der Waals surface area (Å²) in [4.78, 5) is 10.6. The predicted molar refractivity (Wildman–Crippen MR) is 37.2 cm³/mol. The van der Waals surface area contributed by atoms with Gasteiger partial charge in [0, 0.05) is 0 Å². The van der Waals surface area contributed by atoms with Crippen molar-refractivity contribution < 1.29 is 9.90 Å². The zero-order chi connectivity index (χ0) is 7.84. The van der Waals surface area contributed by atoms with Gasteiger partial charge in [-0.2, -0.15) is 10.2 Å². The molecule has 0 saturated heterocycles. The van der Waals surface area contributed by atoms with Gasteiger partial charge in [0.15, 0.2) is 6.04 Å². The van der Waals surface area contributed by atoms with Crippen molar-refractivity contribution in [1.29, 1.82) is 0 Å². The van der Waals surface area contributed by atoms with E-state index in [1.165, 1.54) is 0 Å². The Kier molecular flexibility index (Phi) is 1.27. The van der Waals surface area contributed by atoms with Crippen LogP contribution in [0.1, 0.15) is 19.3 Å². The molecule has 1 N–H and O–H groups in total. The van der Waals surface area contributed by atoms with Gasteiger partial charge in [0.2, 0.25) is 0 Å². The molecule has 1 atom stereocenters. The minimum atomic E-state index is -0.874. The minimum Gasteiger partial charge on any atom is -0.479 e. The molecule has 58 valence electrons. The first kappa shape index (κ1) is 6.52. The number of aliphatic carboxylic acids is 1. The Hall–Kier alpha value is -1.19. The number of carboxylic acids is 1. The molecule has 4 heteroatoms. The molecular formula is C7H8N2O2. The van der Waals surface area contributed by atoms with Crippen LogP contribution in [-0.2, 0) is 4.79 Å². The number of azo groups is 1. The van der Waals surface area contributed by atoms with Crippen molar-refractivity contribution in [1.82, 2.24) is 0 Å². The molecule has 0 saturated carbocycles. The van der Waals surface area contributed by atoms with Gasteiger partial charge in [-0.3, -0.25) is 0 Å². The van der Waals surface area contributed by atoms with E-state index in [2.05, 4.69) is 10.2 Å².